The van der Waals surface area contributed by atoms with Gasteiger partial charge in [0, 0.05) is 11.5 Å². The molecule has 1 heterocycles. The fourth-order valence-corrected chi connectivity index (χ4v) is 5.64. The molecule has 4 atom stereocenters. The molecule has 2 bridgehead atoms. The first-order valence-corrected chi connectivity index (χ1v) is 9.62. The molecule has 1 saturated heterocycles. The second kappa shape index (κ2) is 5.87. The third-order valence-corrected chi connectivity index (χ3v) is 6.79. The topological polar surface area (TPSA) is 80.5 Å². The van der Waals surface area contributed by atoms with Crippen LogP contribution in [0.25, 0.3) is 10.8 Å². The van der Waals surface area contributed by atoms with Gasteiger partial charge in [-0.25, -0.2) is 4.90 Å². The minimum atomic E-state index is -0.427. The molecule has 138 valence electrons. The molecule has 0 radical (unpaired) electrons. The Labute approximate surface area is 156 Å². The van der Waals surface area contributed by atoms with Crippen LogP contribution >= 0.6 is 0 Å². The summed E-state index contributed by atoms with van der Waals surface area (Å²) in [7, 11) is 0. The number of fused-ring (bicyclic) bond motifs is 4. The number of benzene rings is 2. The van der Waals surface area contributed by atoms with Gasteiger partial charge in [0.2, 0.25) is 11.8 Å². The summed E-state index contributed by atoms with van der Waals surface area (Å²) >= 11 is 0. The van der Waals surface area contributed by atoms with Crippen LogP contribution < -0.4 is 4.90 Å². The number of carbonyl (C=O) groups is 2. The van der Waals surface area contributed by atoms with E-state index in [1.807, 2.05) is 0 Å². The fourth-order valence-electron chi connectivity index (χ4n) is 5.64. The SMILES string of the molecule is O=C1C2C3CCCC(CC3)C2C(=O)N1c1ccc([N+](=O)[O-])c2ccccc12. The number of nitro benzene ring substituents is 1. The first-order valence-electron chi connectivity index (χ1n) is 9.62. The summed E-state index contributed by atoms with van der Waals surface area (Å²) in [5.41, 5.74) is 0.474. The number of nitrogens with zero attached hydrogens (tertiary/aromatic N) is 2. The zero-order chi connectivity index (χ0) is 18.7. The Morgan fingerprint density at radius 3 is 2.04 bits per heavy atom. The summed E-state index contributed by atoms with van der Waals surface area (Å²) in [6.45, 7) is 0. The monoisotopic (exact) mass is 364 g/mol. The van der Waals surface area contributed by atoms with Crippen molar-refractivity contribution >= 4 is 34.0 Å². The lowest BCUT2D eigenvalue weighted by Crippen LogP contribution is -2.34. The van der Waals surface area contributed by atoms with Gasteiger partial charge in [-0.05, 0) is 49.7 Å². The minimum absolute atomic E-state index is 0.0114. The third kappa shape index (κ3) is 2.25. The quantitative estimate of drug-likeness (QED) is 0.457. The largest absolute Gasteiger partial charge is 0.277 e. The molecule has 4 fully saturated rings. The van der Waals surface area contributed by atoms with E-state index in [-0.39, 0.29) is 29.3 Å². The molecule has 0 spiro atoms. The van der Waals surface area contributed by atoms with Gasteiger partial charge in [-0.3, -0.25) is 19.7 Å². The van der Waals surface area contributed by atoms with E-state index in [1.165, 1.54) is 11.0 Å². The van der Waals surface area contributed by atoms with Gasteiger partial charge >= 0.3 is 0 Å². The number of nitro groups is 1. The Hall–Kier alpha value is -2.76. The van der Waals surface area contributed by atoms with Crippen LogP contribution in [-0.2, 0) is 9.59 Å². The molecule has 1 aliphatic heterocycles. The minimum Gasteiger partial charge on any atom is -0.274 e. The molecule has 0 aromatic heterocycles. The van der Waals surface area contributed by atoms with Gasteiger partial charge in [-0.1, -0.05) is 24.6 Å². The van der Waals surface area contributed by atoms with Crippen LogP contribution in [0.15, 0.2) is 36.4 Å². The molecule has 6 heteroatoms. The van der Waals surface area contributed by atoms with E-state index in [0.29, 0.717) is 28.3 Å². The molecule has 3 aliphatic carbocycles. The van der Waals surface area contributed by atoms with Crippen molar-refractivity contribution < 1.29 is 14.5 Å². The molecular weight excluding hydrogens is 344 g/mol. The first kappa shape index (κ1) is 16.4. The predicted octanol–water partition coefficient (Wildman–Crippen LogP) is 4.06. The van der Waals surface area contributed by atoms with Crippen LogP contribution in [0.3, 0.4) is 0 Å². The molecule has 4 aliphatic rings. The normalized spacial score (nSPS) is 29.9. The second-order valence-corrected chi connectivity index (χ2v) is 8.00. The van der Waals surface area contributed by atoms with Gasteiger partial charge < -0.3 is 0 Å². The molecular formula is C21H20N2O4. The summed E-state index contributed by atoms with van der Waals surface area (Å²) in [4.78, 5) is 38.9. The molecule has 6 rings (SSSR count). The van der Waals surface area contributed by atoms with Crippen molar-refractivity contribution in [2.45, 2.75) is 32.1 Å². The Kier molecular flexibility index (Phi) is 3.57. The van der Waals surface area contributed by atoms with Crippen LogP contribution in [0.5, 0.6) is 0 Å². The molecule has 27 heavy (non-hydrogen) atoms. The molecule has 6 nitrogen and oxygen atoms in total. The summed E-state index contributed by atoms with van der Waals surface area (Å²) in [6, 6.07) is 9.90. The lowest BCUT2D eigenvalue weighted by molar-refractivity contribution is -0.383. The third-order valence-electron chi connectivity index (χ3n) is 6.79. The van der Waals surface area contributed by atoms with Crippen molar-refractivity contribution in [1.82, 2.24) is 0 Å². The lowest BCUT2D eigenvalue weighted by atomic mass is 9.69. The number of imide groups is 1. The molecule has 0 N–H and O–H groups in total. The van der Waals surface area contributed by atoms with Gasteiger partial charge in [0.05, 0.1) is 27.8 Å². The Bertz CT molecular complexity index is 951. The highest BCUT2D eigenvalue weighted by atomic mass is 16.6. The van der Waals surface area contributed by atoms with E-state index >= 15 is 0 Å². The summed E-state index contributed by atoms with van der Waals surface area (Å²) in [5.74, 6) is -0.0688. The standard InChI is InChI=1S/C21H20N2O4/c24-20-18-12-4-3-5-13(9-8-12)19(18)21(25)22(20)16-10-11-17(23(26)27)15-7-2-1-6-14(15)16/h1-2,6-7,10-13,18-19H,3-5,8-9H2. The van der Waals surface area contributed by atoms with Crippen LogP contribution in [-0.4, -0.2) is 16.7 Å². The highest BCUT2D eigenvalue weighted by molar-refractivity contribution is 6.25. The zero-order valence-electron chi connectivity index (χ0n) is 14.8. The Morgan fingerprint density at radius 2 is 1.44 bits per heavy atom. The van der Waals surface area contributed by atoms with Crippen molar-refractivity contribution in [2.24, 2.45) is 23.7 Å². The maximum atomic E-state index is 13.3. The highest BCUT2D eigenvalue weighted by Gasteiger charge is 2.57. The molecule has 2 aromatic carbocycles. The number of rotatable bonds is 2. The van der Waals surface area contributed by atoms with E-state index in [9.17, 15) is 19.7 Å². The van der Waals surface area contributed by atoms with E-state index < -0.39 is 4.92 Å². The zero-order valence-corrected chi connectivity index (χ0v) is 14.8. The molecule has 3 saturated carbocycles. The Morgan fingerprint density at radius 1 is 0.852 bits per heavy atom. The number of non-ortho nitro benzene ring substituents is 1. The van der Waals surface area contributed by atoms with Gasteiger partial charge in [0.15, 0.2) is 0 Å². The maximum absolute atomic E-state index is 13.3. The van der Waals surface area contributed by atoms with Crippen molar-refractivity contribution in [3.63, 3.8) is 0 Å². The highest BCUT2D eigenvalue weighted by Crippen LogP contribution is 2.52. The van der Waals surface area contributed by atoms with Crippen LogP contribution in [0.1, 0.15) is 32.1 Å². The van der Waals surface area contributed by atoms with Crippen molar-refractivity contribution in [1.29, 1.82) is 0 Å². The summed E-state index contributed by atoms with van der Waals surface area (Å²) in [5, 5.41) is 12.4. The summed E-state index contributed by atoms with van der Waals surface area (Å²) < 4.78 is 0. The van der Waals surface area contributed by atoms with Crippen LogP contribution in [0.4, 0.5) is 11.4 Å². The number of hydrogen-bond acceptors (Lipinski definition) is 4. The van der Waals surface area contributed by atoms with Gasteiger partial charge in [0.25, 0.3) is 5.69 Å². The van der Waals surface area contributed by atoms with E-state index in [1.54, 1.807) is 30.3 Å². The predicted molar refractivity (Wildman–Crippen MR) is 100 cm³/mol. The van der Waals surface area contributed by atoms with Gasteiger partial charge in [0.1, 0.15) is 0 Å². The average Bonchev–Trinajstić information content (AvgIpc) is 2.87. The summed E-state index contributed by atoms with van der Waals surface area (Å²) in [6.07, 6.45) is 5.19. The van der Waals surface area contributed by atoms with Crippen molar-refractivity contribution in [3.8, 4) is 0 Å². The Balaban J connectivity index is 1.66. The molecule has 2 amide bonds. The number of anilines is 1. The van der Waals surface area contributed by atoms with Gasteiger partial charge in [-0.2, -0.15) is 0 Å². The maximum Gasteiger partial charge on any atom is 0.277 e. The fraction of sp³-hybridized carbons (Fsp3) is 0.429. The van der Waals surface area contributed by atoms with Gasteiger partial charge in [-0.15, -0.1) is 0 Å². The van der Waals surface area contributed by atoms with E-state index in [0.717, 1.165) is 32.1 Å². The van der Waals surface area contributed by atoms with Crippen LogP contribution in [0.2, 0.25) is 0 Å². The lowest BCUT2D eigenvalue weighted by Gasteiger charge is -2.32. The number of hydrogen-bond donors (Lipinski definition) is 0. The van der Waals surface area contributed by atoms with Crippen molar-refractivity contribution in [2.75, 3.05) is 4.90 Å². The molecule has 2 aromatic rings. The number of amides is 2. The van der Waals surface area contributed by atoms with Crippen LogP contribution in [0, 0.1) is 33.8 Å². The van der Waals surface area contributed by atoms with Crippen molar-refractivity contribution in [3.05, 3.63) is 46.5 Å². The second-order valence-electron chi connectivity index (χ2n) is 8.00. The van der Waals surface area contributed by atoms with E-state index in [2.05, 4.69) is 0 Å². The first-order chi connectivity index (χ1) is 13.1. The number of carbonyl (C=O) groups excluding carboxylic acids is 2. The smallest absolute Gasteiger partial charge is 0.274 e. The van der Waals surface area contributed by atoms with E-state index in [4.69, 9.17) is 0 Å². The molecule has 4 unspecified atom stereocenters. The average molecular weight is 364 g/mol.